The maximum absolute atomic E-state index is 14.8. The van der Waals surface area contributed by atoms with Crippen molar-refractivity contribution in [2.75, 3.05) is 0 Å². The van der Waals surface area contributed by atoms with Crippen LogP contribution in [0.4, 0.5) is 4.39 Å². The summed E-state index contributed by atoms with van der Waals surface area (Å²) in [4.78, 5) is 0. The molecule has 4 unspecified atom stereocenters. The Hall–Kier alpha value is -2.69. The molecule has 0 aliphatic heterocycles. The summed E-state index contributed by atoms with van der Waals surface area (Å²) in [6.07, 6.45) is 5.01. The number of rotatable bonds is 2. The molecule has 2 aromatic carbocycles. The predicted octanol–water partition coefficient (Wildman–Crippen LogP) is 5.25. The van der Waals surface area contributed by atoms with Gasteiger partial charge in [-0.15, -0.1) is 0 Å². The fourth-order valence-corrected chi connectivity index (χ4v) is 7.28. The molecule has 2 saturated carbocycles. The summed E-state index contributed by atoms with van der Waals surface area (Å²) in [5, 5.41) is 30.0. The van der Waals surface area contributed by atoms with Crippen LogP contribution in [0.5, 0.6) is 0 Å². The van der Waals surface area contributed by atoms with E-state index in [0.717, 1.165) is 42.4 Å². The smallest absolute Gasteiger partial charge is 0.144 e. The summed E-state index contributed by atoms with van der Waals surface area (Å²) in [7, 11) is 0. The molecule has 0 bridgehead atoms. The number of fused-ring (bicyclic) bond motifs is 5. The standard InChI is InChI=1S/C27H27FN2O/c1-16-12-24-20(8-9-23-21(24)7-6-19(15-30)26(23)28)22-10-11-27(31,25(16)22)13-17-2-4-18(14-29)5-3-17/h2-7,16,20,22,24-25,31H,8-13H2,1H3/t16-,20?,22?,24?,25?,27-/m1/s1. The minimum Gasteiger partial charge on any atom is -0.389 e. The first-order chi connectivity index (χ1) is 14.9. The third-order valence-corrected chi connectivity index (χ3v) is 8.42. The summed E-state index contributed by atoms with van der Waals surface area (Å²) in [6, 6.07) is 15.3. The van der Waals surface area contributed by atoms with Crippen LogP contribution in [0.3, 0.4) is 0 Å². The molecule has 158 valence electrons. The summed E-state index contributed by atoms with van der Waals surface area (Å²) in [6.45, 7) is 2.25. The van der Waals surface area contributed by atoms with Crippen molar-refractivity contribution in [3.8, 4) is 12.1 Å². The number of aliphatic hydroxyl groups is 1. The van der Waals surface area contributed by atoms with Gasteiger partial charge in [0, 0.05) is 6.42 Å². The average molecular weight is 415 g/mol. The van der Waals surface area contributed by atoms with Crippen LogP contribution in [0.25, 0.3) is 0 Å². The Morgan fingerprint density at radius 2 is 1.84 bits per heavy atom. The van der Waals surface area contributed by atoms with Crippen molar-refractivity contribution in [3.63, 3.8) is 0 Å². The number of nitriles is 2. The Morgan fingerprint density at radius 3 is 2.55 bits per heavy atom. The Labute approximate surface area is 183 Å². The van der Waals surface area contributed by atoms with E-state index in [4.69, 9.17) is 5.26 Å². The fraction of sp³-hybridized carbons (Fsp3) is 0.481. The molecule has 0 heterocycles. The number of hydrogen-bond donors (Lipinski definition) is 1. The first-order valence-electron chi connectivity index (χ1n) is 11.4. The highest BCUT2D eigenvalue weighted by Gasteiger charge is 2.56. The van der Waals surface area contributed by atoms with Crippen LogP contribution in [-0.2, 0) is 12.8 Å². The van der Waals surface area contributed by atoms with Gasteiger partial charge in [0.15, 0.2) is 0 Å². The van der Waals surface area contributed by atoms with E-state index in [-0.39, 0.29) is 17.3 Å². The summed E-state index contributed by atoms with van der Waals surface area (Å²) in [5.41, 5.74) is 2.99. The number of benzene rings is 2. The van der Waals surface area contributed by atoms with Crippen molar-refractivity contribution in [2.24, 2.45) is 23.7 Å². The zero-order chi connectivity index (χ0) is 21.8. The summed E-state index contributed by atoms with van der Waals surface area (Å²) < 4.78 is 14.8. The molecule has 1 N–H and O–H groups in total. The minimum atomic E-state index is -0.723. The van der Waals surface area contributed by atoms with Crippen LogP contribution in [0, 0.1) is 52.2 Å². The molecule has 2 aromatic rings. The molecule has 0 aromatic heterocycles. The highest BCUT2D eigenvalue weighted by Crippen LogP contribution is 2.60. The number of nitrogens with zero attached hydrogens (tertiary/aromatic N) is 2. The first kappa shape index (κ1) is 20.2. The second-order valence-corrected chi connectivity index (χ2v) is 9.95. The Bertz CT molecular complexity index is 1100. The van der Waals surface area contributed by atoms with Gasteiger partial charge in [0.2, 0.25) is 0 Å². The zero-order valence-corrected chi connectivity index (χ0v) is 17.8. The Balaban J connectivity index is 1.43. The van der Waals surface area contributed by atoms with Crippen molar-refractivity contribution >= 4 is 0 Å². The van der Waals surface area contributed by atoms with Gasteiger partial charge in [0.05, 0.1) is 22.8 Å². The van der Waals surface area contributed by atoms with Crippen molar-refractivity contribution in [3.05, 3.63) is 70.0 Å². The van der Waals surface area contributed by atoms with Gasteiger partial charge in [-0.05, 0) is 96.6 Å². The van der Waals surface area contributed by atoms with Crippen LogP contribution in [0.1, 0.15) is 66.3 Å². The van der Waals surface area contributed by atoms with Gasteiger partial charge in [0.1, 0.15) is 11.9 Å². The lowest BCUT2D eigenvalue weighted by atomic mass is 9.56. The number of halogens is 1. The molecular formula is C27H27FN2O. The van der Waals surface area contributed by atoms with Crippen LogP contribution >= 0.6 is 0 Å². The van der Waals surface area contributed by atoms with E-state index in [9.17, 15) is 14.8 Å². The third kappa shape index (κ3) is 3.17. The molecule has 0 spiro atoms. The molecule has 3 aliphatic rings. The highest BCUT2D eigenvalue weighted by molar-refractivity contribution is 5.44. The normalized spacial score (nSPS) is 33.5. The van der Waals surface area contributed by atoms with Crippen molar-refractivity contribution in [1.82, 2.24) is 0 Å². The maximum atomic E-state index is 14.8. The van der Waals surface area contributed by atoms with Crippen molar-refractivity contribution < 1.29 is 9.50 Å². The Kier molecular flexibility index (Phi) is 4.87. The molecule has 3 nitrogen and oxygen atoms in total. The van der Waals surface area contributed by atoms with Gasteiger partial charge in [-0.1, -0.05) is 25.1 Å². The topological polar surface area (TPSA) is 67.8 Å². The van der Waals surface area contributed by atoms with Gasteiger partial charge < -0.3 is 5.11 Å². The first-order valence-corrected chi connectivity index (χ1v) is 11.4. The molecule has 6 atom stereocenters. The SMILES string of the molecule is C[C@@H]1CC2c3ccc(C#N)c(F)c3CCC2C2CC[C@@](O)(Cc3ccc(C#N)cc3)C21. The second-order valence-electron chi connectivity index (χ2n) is 9.95. The van der Waals surface area contributed by atoms with Gasteiger partial charge in [-0.2, -0.15) is 10.5 Å². The molecule has 4 heteroatoms. The van der Waals surface area contributed by atoms with Crippen LogP contribution in [0.2, 0.25) is 0 Å². The van der Waals surface area contributed by atoms with Crippen molar-refractivity contribution in [1.29, 1.82) is 10.5 Å². The van der Waals surface area contributed by atoms with Gasteiger partial charge in [0.25, 0.3) is 0 Å². The molecular weight excluding hydrogens is 387 g/mol. The van der Waals surface area contributed by atoms with E-state index in [2.05, 4.69) is 13.0 Å². The molecule has 2 fully saturated rings. The van der Waals surface area contributed by atoms with E-state index >= 15 is 0 Å². The van der Waals surface area contributed by atoms with Gasteiger partial charge >= 0.3 is 0 Å². The fourth-order valence-electron chi connectivity index (χ4n) is 7.28. The predicted molar refractivity (Wildman–Crippen MR) is 115 cm³/mol. The third-order valence-electron chi connectivity index (χ3n) is 8.42. The molecule has 0 amide bonds. The second kappa shape index (κ2) is 7.47. The van der Waals surface area contributed by atoms with Gasteiger partial charge in [-0.3, -0.25) is 0 Å². The maximum Gasteiger partial charge on any atom is 0.144 e. The Morgan fingerprint density at radius 1 is 1.06 bits per heavy atom. The van der Waals surface area contributed by atoms with Crippen LogP contribution in [-0.4, -0.2) is 10.7 Å². The number of hydrogen-bond acceptors (Lipinski definition) is 3. The van der Waals surface area contributed by atoms with E-state index < -0.39 is 5.60 Å². The average Bonchev–Trinajstić information content (AvgIpc) is 3.12. The van der Waals surface area contributed by atoms with Crippen LogP contribution in [0.15, 0.2) is 36.4 Å². The summed E-state index contributed by atoms with van der Waals surface area (Å²) >= 11 is 0. The van der Waals surface area contributed by atoms with E-state index in [1.54, 1.807) is 6.07 Å². The zero-order valence-electron chi connectivity index (χ0n) is 17.8. The van der Waals surface area contributed by atoms with E-state index in [1.165, 1.54) is 0 Å². The highest BCUT2D eigenvalue weighted by atomic mass is 19.1. The quantitative estimate of drug-likeness (QED) is 0.729. The molecule has 5 rings (SSSR count). The molecule has 3 aliphatic carbocycles. The molecule has 0 saturated heterocycles. The lowest BCUT2D eigenvalue weighted by Gasteiger charge is -2.50. The largest absolute Gasteiger partial charge is 0.389 e. The van der Waals surface area contributed by atoms with E-state index in [0.29, 0.717) is 42.1 Å². The summed E-state index contributed by atoms with van der Waals surface area (Å²) in [5.74, 6) is 1.51. The lowest BCUT2D eigenvalue weighted by Crippen LogP contribution is -2.47. The molecule has 0 radical (unpaired) electrons. The van der Waals surface area contributed by atoms with E-state index in [1.807, 2.05) is 36.4 Å². The van der Waals surface area contributed by atoms with Gasteiger partial charge in [-0.25, -0.2) is 4.39 Å². The monoisotopic (exact) mass is 414 g/mol. The minimum absolute atomic E-state index is 0.150. The van der Waals surface area contributed by atoms with Crippen LogP contribution < -0.4 is 0 Å². The lowest BCUT2D eigenvalue weighted by molar-refractivity contribution is -0.0604. The molecule has 31 heavy (non-hydrogen) atoms. The van der Waals surface area contributed by atoms with Crippen molar-refractivity contribution in [2.45, 2.75) is 57.0 Å².